The molecule has 0 atom stereocenters. The summed E-state index contributed by atoms with van der Waals surface area (Å²) in [6.45, 7) is 4.37. The molecule has 1 saturated carbocycles. The number of halogens is 1. The lowest BCUT2D eigenvalue weighted by molar-refractivity contribution is -0.660. The molecular formula is C30H28FN2+. The van der Waals surface area contributed by atoms with Crippen molar-refractivity contribution in [1.29, 1.82) is 0 Å². The number of hydrogen-bond donors (Lipinski definition) is 0. The van der Waals surface area contributed by atoms with Crippen molar-refractivity contribution < 1.29 is 8.96 Å². The predicted molar refractivity (Wildman–Crippen MR) is 130 cm³/mol. The van der Waals surface area contributed by atoms with E-state index in [1.54, 1.807) is 0 Å². The summed E-state index contributed by atoms with van der Waals surface area (Å²) in [4.78, 5) is 4.89. The van der Waals surface area contributed by atoms with Crippen LogP contribution in [0.4, 0.5) is 4.39 Å². The monoisotopic (exact) mass is 435 g/mol. The van der Waals surface area contributed by atoms with Gasteiger partial charge in [-0.15, -0.1) is 0 Å². The van der Waals surface area contributed by atoms with E-state index in [0.29, 0.717) is 0 Å². The molecule has 1 fully saturated rings. The van der Waals surface area contributed by atoms with Crippen LogP contribution in [-0.2, 0) is 12.5 Å². The third-order valence-corrected chi connectivity index (χ3v) is 7.80. The highest BCUT2D eigenvalue weighted by atomic mass is 19.1. The minimum Gasteiger partial charge on any atom is -0.260 e. The Balaban J connectivity index is 1.52. The van der Waals surface area contributed by atoms with E-state index in [1.165, 1.54) is 82.6 Å². The maximum atomic E-state index is 13.4. The van der Waals surface area contributed by atoms with Crippen molar-refractivity contribution in [3.8, 4) is 33.5 Å². The molecular weight excluding hydrogens is 407 g/mol. The molecule has 2 aromatic carbocycles. The molecule has 0 unspecified atom stereocenters. The van der Waals surface area contributed by atoms with Crippen LogP contribution in [0, 0.1) is 19.7 Å². The summed E-state index contributed by atoms with van der Waals surface area (Å²) in [6.07, 6.45) is 9.06. The Hall–Kier alpha value is -3.33. The summed E-state index contributed by atoms with van der Waals surface area (Å²) in [5.74, 6) is -0.207. The van der Waals surface area contributed by atoms with Crippen LogP contribution in [-0.4, -0.2) is 4.98 Å². The number of benzene rings is 2. The second kappa shape index (κ2) is 7.34. The minimum atomic E-state index is -0.207. The second-order valence-corrected chi connectivity index (χ2v) is 9.77. The highest BCUT2D eigenvalue weighted by molar-refractivity contribution is 5.84. The molecule has 0 N–H and O–H groups in total. The van der Waals surface area contributed by atoms with Crippen LogP contribution in [0.3, 0.4) is 0 Å². The van der Waals surface area contributed by atoms with Crippen LogP contribution in [0.1, 0.15) is 48.1 Å². The number of aryl methyl sites for hydroxylation is 3. The molecule has 4 aromatic rings. The van der Waals surface area contributed by atoms with Crippen LogP contribution >= 0.6 is 0 Å². The lowest BCUT2D eigenvalue weighted by Crippen LogP contribution is -2.31. The largest absolute Gasteiger partial charge is 0.260 e. The van der Waals surface area contributed by atoms with Crippen LogP contribution in [0.2, 0.25) is 0 Å². The van der Waals surface area contributed by atoms with Gasteiger partial charge in [-0.2, -0.15) is 0 Å². The summed E-state index contributed by atoms with van der Waals surface area (Å²) in [5, 5.41) is 0. The number of aromatic nitrogens is 2. The average Bonchev–Trinajstić information content (AvgIpc) is 3.41. The molecule has 0 bridgehead atoms. The van der Waals surface area contributed by atoms with Gasteiger partial charge in [-0.25, -0.2) is 8.96 Å². The highest BCUT2D eigenvalue weighted by Crippen LogP contribution is 2.56. The number of pyridine rings is 2. The van der Waals surface area contributed by atoms with Gasteiger partial charge < -0.3 is 0 Å². The minimum absolute atomic E-state index is 0.0970. The zero-order valence-corrected chi connectivity index (χ0v) is 19.5. The van der Waals surface area contributed by atoms with Crippen molar-refractivity contribution >= 4 is 0 Å². The summed E-state index contributed by atoms with van der Waals surface area (Å²) in [5.41, 5.74) is 12.6. The van der Waals surface area contributed by atoms with E-state index in [1.807, 2.05) is 18.3 Å². The van der Waals surface area contributed by atoms with Crippen LogP contribution in [0.25, 0.3) is 33.5 Å². The SMILES string of the molecule is Cc1cc(-c2cc3c(cc2C)C2(CCCC2)c2ncccc2-3)[n+](C)cc1-c1ccc(F)cc1. The second-order valence-electron chi connectivity index (χ2n) is 9.77. The number of hydrogen-bond acceptors (Lipinski definition) is 1. The molecule has 164 valence electrons. The maximum Gasteiger partial charge on any atom is 0.212 e. The number of rotatable bonds is 2. The number of nitrogens with zero attached hydrogens (tertiary/aromatic N) is 2. The van der Waals surface area contributed by atoms with E-state index >= 15 is 0 Å². The maximum absolute atomic E-state index is 13.4. The normalized spacial score (nSPS) is 15.6. The lowest BCUT2D eigenvalue weighted by Gasteiger charge is -2.25. The third-order valence-electron chi connectivity index (χ3n) is 7.80. The van der Waals surface area contributed by atoms with Gasteiger partial charge in [0.25, 0.3) is 0 Å². The quantitative estimate of drug-likeness (QED) is 0.315. The Kier molecular flexibility index (Phi) is 4.52. The van der Waals surface area contributed by atoms with Crippen molar-refractivity contribution in [1.82, 2.24) is 4.98 Å². The molecule has 0 amide bonds. The van der Waals surface area contributed by atoms with Gasteiger partial charge in [0.2, 0.25) is 5.69 Å². The summed E-state index contributed by atoms with van der Waals surface area (Å²) >= 11 is 0. The van der Waals surface area contributed by atoms with Crippen LogP contribution in [0.15, 0.2) is 67.0 Å². The van der Waals surface area contributed by atoms with Gasteiger partial charge in [0, 0.05) is 34.4 Å². The van der Waals surface area contributed by atoms with Crippen molar-refractivity contribution in [2.45, 2.75) is 44.9 Å². The lowest BCUT2D eigenvalue weighted by atomic mass is 9.78. The summed E-state index contributed by atoms with van der Waals surface area (Å²) in [7, 11) is 2.10. The van der Waals surface area contributed by atoms with Gasteiger partial charge in [0.15, 0.2) is 6.20 Å². The van der Waals surface area contributed by atoms with E-state index in [4.69, 9.17) is 4.98 Å². The predicted octanol–water partition coefficient (Wildman–Crippen LogP) is 6.84. The Morgan fingerprint density at radius 1 is 0.848 bits per heavy atom. The standard InChI is InChI=1S/C30H28FN2/c1-19-15-27-25(23-7-6-14-32-29(23)30(27)12-4-5-13-30)17-24(19)28-16-20(2)26(18-33(28)3)21-8-10-22(31)11-9-21/h6-11,14-18H,4-5,12-13H2,1-3H3/q+1. The molecule has 0 radical (unpaired) electrons. The fourth-order valence-corrected chi connectivity index (χ4v) is 6.17. The van der Waals surface area contributed by atoms with E-state index in [9.17, 15) is 4.39 Å². The molecule has 3 heteroatoms. The fraction of sp³-hybridized carbons (Fsp3) is 0.267. The van der Waals surface area contributed by atoms with Crippen molar-refractivity contribution in [3.63, 3.8) is 0 Å². The van der Waals surface area contributed by atoms with E-state index < -0.39 is 0 Å². The third kappa shape index (κ3) is 2.98. The molecule has 1 spiro atoms. The van der Waals surface area contributed by atoms with Crippen LogP contribution < -0.4 is 4.57 Å². The number of fused-ring (bicyclic) bond motifs is 5. The van der Waals surface area contributed by atoms with Crippen molar-refractivity contribution in [3.05, 3.63) is 95.2 Å². The van der Waals surface area contributed by atoms with Gasteiger partial charge in [0.05, 0.1) is 5.69 Å². The van der Waals surface area contributed by atoms with E-state index in [0.717, 1.165) is 11.1 Å². The van der Waals surface area contributed by atoms with Crippen LogP contribution in [0.5, 0.6) is 0 Å². The molecule has 2 aliphatic rings. The van der Waals surface area contributed by atoms with Gasteiger partial charge >= 0.3 is 0 Å². The van der Waals surface area contributed by atoms with Gasteiger partial charge in [0.1, 0.15) is 12.9 Å². The Morgan fingerprint density at radius 3 is 2.33 bits per heavy atom. The molecule has 2 aliphatic carbocycles. The Labute approximate surface area is 194 Å². The first-order valence-corrected chi connectivity index (χ1v) is 11.9. The van der Waals surface area contributed by atoms with Gasteiger partial charge in [-0.1, -0.05) is 37.1 Å². The Bertz CT molecular complexity index is 1400. The Morgan fingerprint density at radius 2 is 1.58 bits per heavy atom. The first-order valence-electron chi connectivity index (χ1n) is 11.9. The summed E-state index contributed by atoms with van der Waals surface area (Å²) < 4.78 is 15.6. The summed E-state index contributed by atoms with van der Waals surface area (Å²) in [6, 6.07) is 18.2. The first-order chi connectivity index (χ1) is 16.0. The molecule has 2 heterocycles. The van der Waals surface area contributed by atoms with Gasteiger partial charge in [-0.3, -0.25) is 4.98 Å². The molecule has 33 heavy (non-hydrogen) atoms. The van der Waals surface area contributed by atoms with Crippen molar-refractivity contribution in [2.24, 2.45) is 7.05 Å². The zero-order chi connectivity index (χ0) is 22.7. The highest BCUT2D eigenvalue weighted by Gasteiger charge is 2.46. The zero-order valence-electron chi connectivity index (χ0n) is 19.5. The molecule has 6 rings (SSSR count). The van der Waals surface area contributed by atoms with E-state index in [2.05, 4.69) is 62.0 Å². The molecule has 2 aromatic heterocycles. The fourth-order valence-electron chi connectivity index (χ4n) is 6.17. The molecule has 2 nitrogen and oxygen atoms in total. The smallest absolute Gasteiger partial charge is 0.212 e. The topological polar surface area (TPSA) is 16.8 Å². The van der Waals surface area contributed by atoms with Gasteiger partial charge in [-0.05, 0) is 78.8 Å². The average molecular weight is 436 g/mol. The molecule has 0 aliphatic heterocycles. The van der Waals surface area contributed by atoms with Crippen molar-refractivity contribution in [2.75, 3.05) is 0 Å². The molecule has 0 saturated heterocycles. The first kappa shape index (κ1) is 20.3. The van der Waals surface area contributed by atoms with E-state index in [-0.39, 0.29) is 11.2 Å².